The first kappa shape index (κ1) is 24.3. The summed E-state index contributed by atoms with van der Waals surface area (Å²) in [6, 6.07) is 7.54. The highest BCUT2D eigenvalue weighted by molar-refractivity contribution is 7.92. The Kier molecular flexibility index (Phi) is 7.33. The number of halogens is 1. The van der Waals surface area contributed by atoms with E-state index in [4.69, 9.17) is 16.3 Å². The summed E-state index contributed by atoms with van der Waals surface area (Å²) in [6.07, 6.45) is 2.51. The average Bonchev–Trinajstić information content (AvgIpc) is 2.79. The standard InChI is InChI=1S/C20H23ClN2O7S2/c1-29-19-9-7-15(32(27,28)23-10-4-3-5-11-23)13-18(19)22-31(25,26)14-6-8-17(21)16(12-14)20(24)30-2/h6-9,12-13,22H,3-5,10-11H2,1-2H3. The molecule has 1 fully saturated rings. The third kappa shape index (κ3) is 5.01. The summed E-state index contributed by atoms with van der Waals surface area (Å²) in [6.45, 7) is 0.826. The number of carbonyl (C=O) groups is 1. The average molecular weight is 503 g/mol. The Morgan fingerprint density at radius 2 is 1.62 bits per heavy atom. The quantitative estimate of drug-likeness (QED) is 0.577. The van der Waals surface area contributed by atoms with Crippen LogP contribution in [0.2, 0.25) is 5.02 Å². The van der Waals surface area contributed by atoms with Gasteiger partial charge in [-0.25, -0.2) is 21.6 Å². The fourth-order valence-electron chi connectivity index (χ4n) is 3.32. The van der Waals surface area contributed by atoms with Crippen LogP contribution in [0.1, 0.15) is 29.6 Å². The summed E-state index contributed by atoms with van der Waals surface area (Å²) in [5.41, 5.74) is -0.175. The van der Waals surface area contributed by atoms with Gasteiger partial charge in [0, 0.05) is 13.1 Å². The summed E-state index contributed by atoms with van der Waals surface area (Å²) in [5.74, 6) is -0.660. The molecule has 0 saturated carbocycles. The van der Waals surface area contributed by atoms with E-state index >= 15 is 0 Å². The number of sulfonamides is 2. The largest absolute Gasteiger partial charge is 0.495 e. The maximum atomic E-state index is 13.0. The molecule has 1 aliphatic heterocycles. The molecule has 0 unspecified atom stereocenters. The molecule has 1 saturated heterocycles. The van der Waals surface area contributed by atoms with Crippen LogP contribution in [-0.4, -0.2) is 54.4 Å². The van der Waals surface area contributed by atoms with Crippen LogP contribution in [0.3, 0.4) is 0 Å². The SMILES string of the molecule is COC(=O)c1cc(S(=O)(=O)Nc2cc(S(=O)(=O)N3CCCCC3)ccc2OC)ccc1Cl. The number of carbonyl (C=O) groups excluding carboxylic acids is 1. The van der Waals surface area contributed by atoms with Gasteiger partial charge in [0.15, 0.2) is 0 Å². The molecule has 2 aromatic rings. The first-order chi connectivity index (χ1) is 15.1. The zero-order valence-electron chi connectivity index (χ0n) is 17.5. The first-order valence-corrected chi connectivity index (χ1v) is 13.0. The van der Waals surface area contributed by atoms with E-state index in [9.17, 15) is 21.6 Å². The lowest BCUT2D eigenvalue weighted by atomic mass is 10.2. The van der Waals surface area contributed by atoms with Gasteiger partial charge in [-0.05, 0) is 49.2 Å². The number of methoxy groups -OCH3 is 2. The van der Waals surface area contributed by atoms with Gasteiger partial charge in [0.1, 0.15) is 5.75 Å². The number of nitrogens with zero attached hydrogens (tertiary/aromatic N) is 1. The number of nitrogens with one attached hydrogen (secondary N) is 1. The van der Waals surface area contributed by atoms with Crippen molar-refractivity contribution in [1.29, 1.82) is 0 Å². The predicted octanol–water partition coefficient (Wildman–Crippen LogP) is 3.11. The molecule has 1 N–H and O–H groups in total. The van der Waals surface area contributed by atoms with E-state index in [-0.39, 0.29) is 31.8 Å². The van der Waals surface area contributed by atoms with Crippen molar-refractivity contribution in [3.05, 3.63) is 47.0 Å². The third-order valence-electron chi connectivity index (χ3n) is 5.02. The minimum Gasteiger partial charge on any atom is -0.495 e. The highest BCUT2D eigenvalue weighted by atomic mass is 35.5. The first-order valence-electron chi connectivity index (χ1n) is 9.69. The van der Waals surface area contributed by atoms with Crippen molar-refractivity contribution in [1.82, 2.24) is 4.31 Å². The van der Waals surface area contributed by atoms with E-state index in [2.05, 4.69) is 9.46 Å². The molecule has 0 radical (unpaired) electrons. The van der Waals surface area contributed by atoms with Crippen LogP contribution in [0.25, 0.3) is 0 Å². The van der Waals surface area contributed by atoms with E-state index < -0.39 is 26.0 Å². The van der Waals surface area contributed by atoms with E-state index in [1.54, 1.807) is 0 Å². The van der Waals surface area contributed by atoms with Crippen LogP contribution in [-0.2, 0) is 24.8 Å². The Bertz CT molecular complexity index is 1220. The fraction of sp³-hybridized carbons (Fsp3) is 0.350. The molecular formula is C20H23ClN2O7S2. The van der Waals surface area contributed by atoms with Gasteiger partial charge in [-0.3, -0.25) is 4.72 Å². The lowest BCUT2D eigenvalue weighted by Gasteiger charge is -2.26. The van der Waals surface area contributed by atoms with Crippen LogP contribution in [0, 0.1) is 0 Å². The highest BCUT2D eigenvalue weighted by Gasteiger charge is 2.28. The van der Waals surface area contributed by atoms with Crippen molar-refractivity contribution < 1.29 is 31.1 Å². The molecule has 3 rings (SSSR count). The Morgan fingerprint density at radius 1 is 0.969 bits per heavy atom. The molecule has 0 bridgehead atoms. The van der Waals surface area contributed by atoms with Crippen LogP contribution < -0.4 is 9.46 Å². The number of rotatable bonds is 7. The number of hydrogen-bond acceptors (Lipinski definition) is 7. The summed E-state index contributed by atoms with van der Waals surface area (Å²) < 4.78 is 65.5. The van der Waals surface area contributed by atoms with E-state index in [1.807, 2.05) is 0 Å². The summed E-state index contributed by atoms with van der Waals surface area (Å²) in [4.78, 5) is 11.6. The predicted molar refractivity (Wildman–Crippen MR) is 119 cm³/mol. The van der Waals surface area contributed by atoms with Crippen molar-refractivity contribution in [3.63, 3.8) is 0 Å². The van der Waals surface area contributed by atoms with Gasteiger partial charge in [0.05, 0.1) is 40.3 Å². The Labute approximate surface area is 192 Å². The number of ether oxygens (including phenoxy) is 2. The highest BCUT2D eigenvalue weighted by Crippen LogP contribution is 2.32. The molecular weight excluding hydrogens is 480 g/mol. The molecule has 174 valence electrons. The van der Waals surface area contributed by atoms with E-state index in [0.717, 1.165) is 32.4 Å². The van der Waals surface area contributed by atoms with E-state index in [1.165, 1.54) is 41.7 Å². The Balaban J connectivity index is 1.99. The van der Waals surface area contributed by atoms with Crippen LogP contribution in [0.15, 0.2) is 46.2 Å². The second kappa shape index (κ2) is 9.65. The van der Waals surface area contributed by atoms with Gasteiger partial charge in [-0.1, -0.05) is 18.0 Å². The smallest absolute Gasteiger partial charge is 0.339 e. The monoisotopic (exact) mass is 502 g/mol. The zero-order valence-corrected chi connectivity index (χ0v) is 19.9. The van der Waals surface area contributed by atoms with Gasteiger partial charge >= 0.3 is 5.97 Å². The van der Waals surface area contributed by atoms with Gasteiger partial charge in [-0.15, -0.1) is 0 Å². The summed E-state index contributed by atoms with van der Waals surface area (Å²) >= 11 is 5.97. The topological polar surface area (TPSA) is 119 Å². The Hall–Kier alpha value is -2.34. The lowest BCUT2D eigenvalue weighted by molar-refractivity contribution is 0.0600. The summed E-state index contributed by atoms with van der Waals surface area (Å²) in [7, 11) is -5.52. The van der Waals surface area contributed by atoms with Gasteiger partial charge in [0.2, 0.25) is 10.0 Å². The number of anilines is 1. The molecule has 0 aliphatic carbocycles. The zero-order chi connectivity index (χ0) is 23.5. The molecule has 12 heteroatoms. The number of piperidine rings is 1. The summed E-state index contributed by atoms with van der Waals surface area (Å²) in [5, 5.41) is 0.0306. The minimum atomic E-state index is -4.22. The van der Waals surface area contributed by atoms with Gasteiger partial charge < -0.3 is 9.47 Å². The number of hydrogen-bond donors (Lipinski definition) is 1. The molecule has 2 aromatic carbocycles. The Morgan fingerprint density at radius 3 is 2.25 bits per heavy atom. The second-order valence-electron chi connectivity index (χ2n) is 7.07. The van der Waals surface area contributed by atoms with Crippen molar-refractivity contribution in [3.8, 4) is 5.75 Å². The third-order valence-corrected chi connectivity index (χ3v) is 8.61. The van der Waals surface area contributed by atoms with Crippen LogP contribution >= 0.6 is 11.6 Å². The van der Waals surface area contributed by atoms with Crippen molar-refractivity contribution >= 4 is 43.3 Å². The second-order valence-corrected chi connectivity index (χ2v) is 11.1. The lowest BCUT2D eigenvalue weighted by Crippen LogP contribution is -2.35. The maximum absolute atomic E-state index is 13.0. The molecule has 1 heterocycles. The fourth-order valence-corrected chi connectivity index (χ4v) is 6.15. The van der Waals surface area contributed by atoms with Crippen LogP contribution in [0.5, 0.6) is 5.75 Å². The molecule has 32 heavy (non-hydrogen) atoms. The minimum absolute atomic E-state index is 0.0306. The molecule has 0 atom stereocenters. The van der Waals surface area contributed by atoms with Crippen molar-refractivity contribution in [2.45, 2.75) is 29.1 Å². The normalized spacial score (nSPS) is 15.2. The van der Waals surface area contributed by atoms with Gasteiger partial charge in [0.25, 0.3) is 10.0 Å². The maximum Gasteiger partial charge on any atom is 0.339 e. The molecule has 0 amide bonds. The van der Waals surface area contributed by atoms with Crippen molar-refractivity contribution in [2.75, 3.05) is 32.0 Å². The molecule has 0 aromatic heterocycles. The number of benzene rings is 2. The molecule has 9 nitrogen and oxygen atoms in total. The molecule has 1 aliphatic rings. The van der Waals surface area contributed by atoms with Gasteiger partial charge in [-0.2, -0.15) is 4.31 Å². The van der Waals surface area contributed by atoms with Crippen LogP contribution in [0.4, 0.5) is 5.69 Å². The van der Waals surface area contributed by atoms with Crippen molar-refractivity contribution in [2.24, 2.45) is 0 Å². The number of esters is 1. The molecule has 0 spiro atoms. The van der Waals surface area contributed by atoms with E-state index in [0.29, 0.717) is 13.1 Å².